The first kappa shape index (κ1) is 50.7. The fourth-order valence-electron chi connectivity index (χ4n) is 13.3. The van der Waals surface area contributed by atoms with Crippen LogP contribution in [0.5, 0.6) is 0 Å². The summed E-state index contributed by atoms with van der Waals surface area (Å²) < 4.78 is 0. The fourth-order valence-corrected chi connectivity index (χ4v) is 15.4. The summed E-state index contributed by atoms with van der Waals surface area (Å²) in [5, 5.41) is 0. The Balaban J connectivity index is 1.14. The van der Waals surface area contributed by atoms with Gasteiger partial charge in [-0.25, -0.2) is 0 Å². The highest BCUT2D eigenvalue weighted by molar-refractivity contribution is 7.25. The lowest BCUT2D eigenvalue weighted by atomic mass is 9.65. The quantitative estimate of drug-likeness (QED) is 0.0483. The first-order valence-corrected chi connectivity index (χ1v) is 29.6. The van der Waals surface area contributed by atoms with E-state index in [2.05, 4.69) is 165 Å². The van der Waals surface area contributed by atoms with Crippen LogP contribution in [0.3, 0.4) is 0 Å². The minimum atomic E-state index is 0.0578. The van der Waals surface area contributed by atoms with Gasteiger partial charge in [0.15, 0.2) is 0 Å². The average Bonchev–Trinajstić information content (AvgIpc) is 4.18. The highest BCUT2D eigenvalue weighted by atomic mass is 32.1. The van der Waals surface area contributed by atoms with E-state index in [1.54, 1.807) is 22.3 Å². The van der Waals surface area contributed by atoms with Gasteiger partial charge in [0.05, 0.1) is 0 Å². The molecule has 0 N–H and O–H groups in total. The maximum atomic E-state index is 2.66. The largest absolute Gasteiger partial charge is 0.134 e. The molecule has 362 valence electrons. The molecule has 0 fully saturated rings. The van der Waals surface area contributed by atoms with Gasteiger partial charge in [-0.1, -0.05) is 231 Å². The van der Waals surface area contributed by atoms with Crippen molar-refractivity contribution in [1.29, 1.82) is 0 Å². The molecule has 2 heteroatoms. The van der Waals surface area contributed by atoms with Crippen LogP contribution < -0.4 is 0 Å². The van der Waals surface area contributed by atoms with Crippen LogP contribution in [0.25, 0.3) is 52.9 Å². The van der Waals surface area contributed by atoms with Crippen molar-refractivity contribution >= 4 is 22.7 Å². The van der Waals surface area contributed by atoms with Crippen molar-refractivity contribution in [2.75, 3.05) is 0 Å². The van der Waals surface area contributed by atoms with Gasteiger partial charge < -0.3 is 0 Å². The maximum absolute atomic E-state index is 2.66. The molecule has 2 heterocycles. The normalized spacial score (nSPS) is 18.8. The van der Waals surface area contributed by atoms with Crippen molar-refractivity contribution in [2.24, 2.45) is 23.7 Å². The van der Waals surface area contributed by atoms with Gasteiger partial charge in [-0.05, 0) is 141 Å². The van der Waals surface area contributed by atoms with Gasteiger partial charge in [0.2, 0.25) is 0 Å². The monoisotopic (exact) mass is 943 g/mol. The predicted octanol–water partition coefficient (Wildman–Crippen LogP) is 21.8. The molecule has 2 aliphatic rings. The van der Waals surface area contributed by atoms with Crippen molar-refractivity contribution in [1.82, 2.24) is 0 Å². The van der Waals surface area contributed by atoms with Gasteiger partial charge in [0.1, 0.15) is 0 Å². The number of unbranched alkanes of at least 4 members (excludes halogenated alkanes) is 4. The van der Waals surface area contributed by atoms with Gasteiger partial charge in [-0.15, -0.1) is 22.7 Å². The minimum Gasteiger partial charge on any atom is -0.134 e. The van der Waals surface area contributed by atoms with Crippen LogP contribution in [0.1, 0.15) is 206 Å². The Morgan fingerprint density at radius 1 is 0.338 bits per heavy atom. The van der Waals surface area contributed by atoms with Crippen molar-refractivity contribution in [3.05, 3.63) is 131 Å². The number of benzene rings is 4. The van der Waals surface area contributed by atoms with E-state index in [0.29, 0.717) is 0 Å². The smallest absolute Gasteiger partial charge is 0.0449 e. The number of fused-ring (bicyclic) bond motifs is 6. The van der Waals surface area contributed by atoms with E-state index >= 15 is 0 Å². The second kappa shape index (κ2) is 23.5. The minimum absolute atomic E-state index is 0.0578. The Labute approximate surface area is 422 Å². The third-order valence-corrected chi connectivity index (χ3v) is 19.7. The molecule has 0 amide bonds. The van der Waals surface area contributed by atoms with Gasteiger partial charge >= 0.3 is 0 Å². The highest BCUT2D eigenvalue weighted by Crippen LogP contribution is 2.59. The second-order valence-corrected chi connectivity index (χ2v) is 23.8. The summed E-state index contributed by atoms with van der Waals surface area (Å²) in [5.41, 5.74) is 15.3. The van der Waals surface area contributed by atoms with Gasteiger partial charge in [0.25, 0.3) is 0 Å². The molecule has 4 unspecified atom stereocenters. The van der Waals surface area contributed by atoms with Crippen molar-refractivity contribution in [2.45, 2.75) is 195 Å². The molecule has 0 spiro atoms. The van der Waals surface area contributed by atoms with Crippen LogP contribution in [0.15, 0.2) is 109 Å². The zero-order valence-electron chi connectivity index (χ0n) is 43.7. The molecule has 2 aromatic heterocycles. The Morgan fingerprint density at radius 2 is 0.647 bits per heavy atom. The van der Waals surface area contributed by atoms with Crippen LogP contribution in [0, 0.1) is 23.7 Å². The first-order chi connectivity index (χ1) is 33.3. The topological polar surface area (TPSA) is 0 Å². The lowest BCUT2D eigenvalue weighted by molar-refractivity contribution is 0.266. The molecule has 6 aromatic rings. The van der Waals surface area contributed by atoms with Crippen LogP contribution >= 0.6 is 22.7 Å². The highest BCUT2D eigenvalue weighted by Gasteiger charge is 2.47. The number of hydrogen-bond donors (Lipinski definition) is 0. The predicted molar refractivity (Wildman–Crippen MR) is 303 cm³/mol. The van der Waals surface area contributed by atoms with Crippen molar-refractivity contribution in [3.63, 3.8) is 0 Å². The molecule has 0 saturated heterocycles. The lowest BCUT2D eigenvalue weighted by Gasteiger charge is -2.38. The fraction of sp³-hybridized carbons (Fsp3) is 0.515. The van der Waals surface area contributed by atoms with Crippen LogP contribution in [-0.2, 0) is 10.8 Å². The summed E-state index contributed by atoms with van der Waals surface area (Å²) in [6, 6.07) is 43.9. The molecule has 4 atom stereocenters. The summed E-state index contributed by atoms with van der Waals surface area (Å²) in [6.07, 6.45) is 25.9. The van der Waals surface area contributed by atoms with E-state index in [0.717, 1.165) is 23.7 Å². The third-order valence-electron chi connectivity index (χ3n) is 17.3. The summed E-state index contributed by atoms with van der Waals surface area (Å²) in [7, 11) is 0. The van der Waals surface area contributed by atoms with Gasteiger partial charge in [-0.3, -0.25) is 0 Å². The van der Waals surface area contributed by atoms with Crippen molar-refractivity contribution in [3.8, 4) is 52.9 Å². The summed E-state index contributed by atoms with van der Waals surface area (Å²) >= 11 is 3.98. The molecular formula is C66H86S2. The molecule has 0 bridgehead atoms. The average molecular weight is 944 g/mol. The second-order valence-electron chi connectivity index (χ2n) is 21.6. The first-order valence-electron chi connectivity index (χ1n) is 28.0. The maximum Gasteiger partial charge on any atom is 0.0449 e. The summed E-state index contributed by atoms with van der Waals surface area (Å²) in [6.45, 7) is 19.3. The van der Waals surface area contributed by atoms with E-state index in [1.165, 1.54) is 181 Å². The lowest BCUT2D eigenvalue weighted by Crippen LogP contribution is -2.31. The van der Waals surface area contributed by atoms with Crippen LogP contribution in [0.4, 0.5) is 0 Å². The SMILES string of the molecule is CCCCC(CC)CC1(CC(CC)CCCC)c2ccccc2-c2ccc(-c3ccc(-c4ccc(-c5ccc6c(c5)C(CC(CC)CCCC)(CC(CC)CCCC)c5ccccc5-6)s4)s3)cc21. The molecule has 0 saturated carbocycles. The standard InChI is InChI=1S/C66H86S2/c1-9-17-25-47(13-5)43-65(44-48(14-6)26-18-10-2)57-31-23-21-29-53(57)55-35-33-51(41-59(55)65)61-37-39-63(67-61)64-40-38-62(68-64)52-34-36-56-54-30-22-24-32-58(54)66(60(56)42-52,45-49(15-7)27-19-11-3)46-50(16-8)28-20-12-4/h21-24,29-42,47-50H,9-20,25-28,43-46H2,1-8H3. The zero-order chi connectivity index (χ0) is 47.7. The van der Waals surface area contributed by atoms with E-state index in [4.69, 9.17) is 0 Å². The molecule has 2 aliphatic carbocycles. The Kier molecular flexibility index (Phi) is 17.5. The Hall–Kier alpha value is -3.72. The summed E-state index contributed by atoms with van der Waals surface area (Å²) in [5.74, 6) is 2.94. The van der Waals surface area contributed by atoms with E-state index < -0.39 is 0 Å². The van der Waals surface area contributed by atoms with E-state index in [9.17, 15) is 0 Å². The van der Waals surface area contributed by atoms with E-state index in [-0.39, 0.29) is 10.8 Å². The third kappa shape index (κ3) is 10.4. The van der Waals surface area contributed by atoms with Crippen molar-refractivity contribution < 1.29 is 0 Å². The molecule has 68 heavy (non-hydrogen) atoms. The zero-order valence-corrected chi connectivity index (χ0v) is 45.3. The Bertz CT molecular complexity index is 2310. The molecule has 0 radical (unpaired) electrons. The number of rotatable bonds is 27. The summed E-state index contributed by atoms with van der Waals surface area (Å²) in [4.78, 5) is 5.55. The van der Waals surface area contributed by atoms with Gasteiger partial charge in [0, 0.05) is 30.3 Å². The Morgan fingerprint density at radius 3 is 0.971 bits per heavy atom. The molecule has 8 rings (SSSR count). The molecule has 4 aromatic carbocycles. The van der Waals surface area contributed by atoms with E-state index in [1.807, 2.05) is 22.7 Å². The molecule has 0 aliphatic heterocycles. The van der Waals surface area contributed by atoms with Crippen LogP contribution in [0.2, 0.25) is 0 Å². The number of thiophene rings is 2. The van der Waals surface area contributed by atoms with Gasteiger partial charge in [-0.2, -0.15) is 0 Å². The molecule has 0 nitrogen and oxygen atoms in total. The number of hydrogen-bond acceptors (Lipinski definition) is 2. The van der Waals surface area contributed by atoms with Crippen LogP contribution in [-0.4, -0.2) is 0 Å². The molecular weight excluding hydrogens is 857 g/mol.